The number of aromatic nitrogens is 2. The molecule has 1 saturated carbocycles. The SMILES string of the molecule is O=C(NC1CCN(C2CCC2)CC1)c1nc(-c2ccccc2)no1. The van der Waals surface area contributed by atoms with Gasteiger partial charge in [-0.25, -0.2) is 0 Å². The fraction of sp³-hybridized carbons (Fsp3) is 0.500. The van der Waals surface area contributed by atoms with Crippen LogP contribution in [-0.4, -0.2) is 46.1 Å². The standard InChI is InChI=1S/C18H22N4O2/c23-17(18-20-16(21-24-18)13-5-2-1-3-6-13)19-14-9-11-22(12-10-14)15-7-4-8-15/h1-3,5-6,14-15H,4,7-12H2,(H,19,23). The van der Waals surface area contributed by atoms with Crippen LogP contribution in [0.3, 0.4) is 0 Å². The lowest BCUT2D eigenvalue weighted by Gasteiger charge is -2.41. The summed E-state index contributed by atoms with van der Waals surface area (Å²) in [5.41, 5.74) is 0.842. The molecule has 2 heterocycles. The first-order valence-corrected chi connectivity index (χ1v) is 8.73. The lowest BCUT2D eigenvalue weighted by Crippen LogP contribution is -2.49. The number of carbonyl (C=O) groups excluding carboxylic acids is 1. The van der Waals surface area contributed by atoms with Crippen LogP contribution in [0, 0.1) is 0 Å². The number of piperidine rings is 1. The van der Waals surface area contributed by atoms with Gasteiger partial charge >= 0.3 is 11.8 Å². The molecule has 4 rings (SSSR count). The third-order valence-electron chi connectivity index (χ3n) is 5.11. The number of nitrogens with one attached hydrogen (secondary N) is 1. The molecule has 1 N–H and O–H groups in total. The van der Waals surface area contributed by atoms with Crippen molar-refractivity contribution in [2.45, 2.75) is 44.2 Å². The molecule has 1 aliphatic carbocycles. The van der Waals surface area contributed by atoms with Gasteiger partial charge in [0.05, 0.1) is 0 Å². The molecule has 1 amide bonds. The van der Waals surface area contributed by atoms with Crippen LogP contribution in [0.1, 0.15) is 42.8 Å². The van der Waals surface area contributed by atoms with Crippen molar-refractivity contribution in [3.8, 4) is 11.4 Å². The summed E-state index contributed by atoms with van der Waals surface area (Å²) in [5.74, 6) is 0.211. The Morgan fingerprint density at radius 1 is 1.12 bits per heavy atom. The second-order valence-electron chi connectivity index (χ2n) is 6.66. The van der Waals surface area contributed by atoms with Gasteiger partial charge in [0.15, 0.2) is 0 Å². The van der Waals surface area contributed by atoms with E-state index in [9.17, 15) is 4.79 Å². The zero-order valence-electron chi connectivity index (χ0n) is 13.6. The Kier molecular flexibility index (Phi) is 4.30. The first-order chi connectivity index (χ1) is 11.8. The summed E-state index contributed by atoms with van der Waals surface area (Å²) in [6.45, 7) is 2.13. The molecular weight excluding hydrogens is 304 g/mol. The molecule has 1 aromatic heterocycles. The molecule has 0 atom stereocenters. The molecule has 1 saturated heterocycles. The highest BCUT2D eigenvalue weighted by atomic mass is 16.5. The van der Waals surface area contributed by atoms with Crippen molar-refractivity contribution in [2.24, 2.45) is 0 Å². The quantitative estimate of drug-likeness (QED) is 0.934. The topological polar surface area (TPSA) is 71.3 Å². The molecule has 0 unspecified atom stereocenters. The minimum absolute atomic E-state index is 0.0373. The van der Waals surface area contributed by atoms with Crippen LogP contribution < -0.4 is 5.32 Å². The van der Waals surface area contributed by atoms with Gasteiger partial charge in [-0.15, -0.1) is 0 Å². The first kappa shape index (κ1) is 15.3. The second-order valence-corrected chi connectivity index (χ2v) is 6.66. The van der Waals surface area contributed by atoms with Crippen LogP contribution in [0.5, 0.6) is 0 Å². The van der Waals surface area contributed by atoms with Gasteiger partial charge in [0, 0.05) is 30.7 Å². The Hall–Kier alpha value is -2.21. The number of likely N-dealkylation sites (tertiary alicyclic amines) is 1. The van der Waals surface area contributed by atoms with Gasteiger partial charge < -0.3 is 14.7 Å². The Labute approximate surface area is 141 Å². The van der Waals surface area contributed by atoms with Crippen LogP contribution >= 0.6 is 0 Å². The van der Waals surface area contributed by atoms with E-state index in [4.69, 9.17) is 4.52 Å². The number of benzene rings is 1. The summed E-state index contributed by atoms with van der Waals surface area (Å²) in [5, 5.41) is 6.93. The average Bonchev–Trinajstić information content (AvgIpc) is 3.06. The fourth-order valence-corrected chi connectivity index (χ4v) is 3.43. The van der Waals surface area contributed by atoms with Gasteiger partial charge in [-0.05, 0) is 25.7 Å². The van der Waals surface area contributed by atoms with Crippen LogP contribution in [0.4, 0.5) is 0 Å². The molecule has 24 heavy (non-hydrogen) atoms. The van der Waals surface area contributed by atoms with Crippen molar-refractivity contribution in [1.29, 1.82) is 0 Å². The van der Waals surface area contributed by atoms with Crippen molar-refractivity contribution in [2.75, 3.05) is 13.1 Å². The Bertz CT molecular complexity index is 688. The minimum Gasteiger partial charge on any atom is -0.345 e. The molecule has 2 fully saturated rings. The van der Waals surface area contributed by atoms with Crippen molar-refractivity contribution in [1.82, 2.24) is 20.4 Å². The maximum atomic E-state index is 12.3. The van der Waals surface area contributed by atoms with Crippen LogP contribution in [-0.2, 0) is 0 Å². The van der Waals surface area contributed by atoms with Crippen LogP contribution in [0.2, 0.25) is 0 Å². The Morgan fingerprint density at radius 2 is 1.88 bits per heavy atom. The van der Waals surface area contributed by atoms with E-state index < -0.39 is 0 Å². The van der Waals surface area contributed by atoms with Crippen LogP contribution in [0.25, 0.3) is 11.4 Å². The molecule has 6 nitrogen and oxygen atoms in total. The lowest BCUT2D eigenvalue weighted by molar-refractivity contribution is 0.0772. The van der Waals surface area contributed by atoms with E-state index in [1.807, 2.05) is 30.3 Å². The fourth-order valence-electron chi connectivity index (χ4n) is 3.43. The smallest absolute Gasteiger partial charge is 0.316 e. The third kappa shape index (κ3) is 3.19. The van der Waals surface area contributed by atoms with E-state index in [0.717, 1.165) is 37.5 Å². The summed E-state index contributed by atoms with van der Waals surface area (Å²) in [6.07, 6.45) is 6.01. The van der Waals surface area contributed by atoms with Gasteiger partial charge in [0.25, 0.3) is 0 Å². The Balaban J connectivity index is 1.33. The number of nitrogens with zero attached hydrogens (tertiary/aromatic N) is 3. The molecule has 2 aliphatic rings. The van der Waals surface area contributed by atoms with Gasteiger partial charge in [0.1, 0.15) is 0 Å². The van der Waals surface area contributed by atoms with Gasteiger partial charge in [-0.2, -0.15) is 4.98 Å². The molecule has 1 aliphatic heterocycles. The molecule has 6 heteroatoms. The van der Waals surface area contributed by atoms with Crippen LogP contribution in [0.15, 0.2) is 34.9 Å². The second kappa shape index (κ2) is 6.73. The third-order valence-corrected chi connectivity index (χ3v) is 5.11. The van der Waals surface area contributed by atoms with E-state index in [1.165, 1.54) is 19.3 Å². The summed E-state index contributed by atoms with van der Waals surface area (Å²) in [7, 11) is 0. The van der Waals surface area contributed by atoms with E-state index in [1.54, 1.807) is 0 Å². The summed E-state index contributed by atoms with van der Waals surface area (Å²) >= 11 is 0. The van der Waals surface area contributed by atoms with Crippen molar-refractivity contribution in [3.63, 3.8) is 0 Å². The van der Waals surface area contributed by atoms with Gasteiger partial charge in [-0.1, -0.05) is 41.9 Å². The van der Waals surface area contributed by atoms with E-state index in [0.29, 0.717) is 5.82 Å². The van der Waals surface area contributed by atoms with E-state index >= 15 is 0 Å². The number of hydrogen-bond donors (Lipinski definition) is 1. The average molecular weight is 326 g/mol. The minimum atomic E-state index is -0.272. The highest BCUT2D eigenvalue weighted by Gasteiger charge is 2.30. The van der Waals surface area contributed by atoms with Crippen molar-refractivity contribution < 1.29 is 9.32 Å². The molecule has 126 valence electrons. The van der Waals surface area contributed by atoms with Crippen molar-refractivity contribution >= 4 is 5.91 Å². The number of carbonyl (C=O) groups is 1. The van der Waals surface area contributed by atoms with Gasteiger partial charge in [-0.3, -0.25) is 4.79 Å². The summed E-state index contributed by atoms with van der Waals surface area (Å²) in [4.78, 5) is 19.1. The molecule has 0 bridgehead atoms. The molecule has 1 aromatic carbocycles. The zero-order chi connectivity index (χ0) is 16.4. The summed E-state index contributed by atoms with van der Waals surface area (Å²) in [6, 6.07) is 10.5. The van der Waals surface area contributed by atoms with E-state index in [2.05, 4.69) is 20.4 Å². The highest BCUT2D eigenvalue weighted by molar-refractivity contribution is 5.90. The predicted octanol–water partition coefficient (Wildman–Crippen LogP) is 2.48. The predicted molar refractivity (Wildman–Crippen MR) is 89.4 cm³/mol. The highest BCUT2D eigenvalue weighted by Crippen LogP contribution is 2.27. The maximum Gasteiger partial charge on any atom is 0.316 e. The lowest BCUT2D eigenvalue weighted by atomic mass is 9.89. The molecule has 0 radical (unpaired) electrons. The number of hydrogen-bond acceptors (Lipinski definition) is 5. The number of amides is 1. The largest absolute Gasteiger partial charge is 0.345 e. The molecule has 2 aromatic rings. The maximum absolute atomic E-state index is 12.3. The van der Waals surface area contributed by atoms with Crippen molar-refractivity contribution in [3.05, 3.63) is 36.2 Å². The first-order valence-electron chi connectivity index (χ1n) is 8.73. The van der Waals surface area contributed by atoms with E-state index in [-0.39, 0.29) is 17.8 Å². The Morgan fingerprint density at radius 3 is 2.54 bits per heavy atom. The van der Waals surface area contributed by atoms with Gasteiger partial charge in [0.2, 0.25) is 5.82 Å². The monoisotopic (exact) mass is 326 g/mol. The normalized spacial score (nSPS) is 19.8. The zero-order valence-corrected chi connectivity index (χ0v) is 13.6. The molecular formula is C18H22N4O2. The number of rotatable bonds is 4. The molecule has 0 spiro atoms. The summed E-state index contributed by atoms with van der Waals surface area (Å²) < 4.78 is 5.12.